The van der Waals surface area contributed by atoms with Crippen molar-refractivity contribution in [3.8, 4) is 11.3 Å². The first-order valence-corrected chi connectivity index (χ1v) is 10.7. The summed E-state index contributed by atoms with van der Waals surface area (Å²) in [7, 11) is 0. The van der Waals surface area contributed by atoms with Gasteiger partial charge in [0.15, 0.2) is 11.7 Å². The second-order valence-electron chi connectivity index (χ2n) is 7.72. The molecule has 3 amide bonds. The van der Waals surface area contributed by atoms with Crippen LogP contribution >= 0.6 is 0 Å². The summed E-state index contributed by atoms with van der Waals surface area (Å²) in [5, 5.41) is 5.77. The Bertz CT molecular complexity index is 1060. The van der Waals surface area contributed by atoms with E-state index in [2.05, 4.69) is 15.6 Å². The van der Waals surface area contributed by atoms with Gasteiger partial charge in [-0.2, -0.15) is 0 Å². The van der Waals surface area contributed by atoms with Crippen LogP contribution in [0.4, 0.5) is 14.9 Å². The molecule has 1 aliphatic rings. The van der Waals surface area contributed by atoms with Crippen molar-refractivity contribution in [2.24, 2.45) is 0 Å². The van der Waals surface area contributed by atoms with Crippen LogP contribution in [0, 0.1) is 5.82 Å². The van der Waals surface area contributed by atoms with Gasteiger partial charge in [0.2, 0.25) is 5.91 Å². The molecular formula is C24H25FN4O3. The Balaban J connectivity index is 1.20. The summed E-state index contributed by atoms with van der Waals surface area (Å²) in [5.74, 6) is 0.403. The minimum Gasteiger partial charge on any atom is -0.441 e. The van der Waals surface area contributed by atoms with Gasteiger partial charge >= 0.3 is 6.03 Å². The van der Waals surface area contributed by atoms with Gasteiger partial charge in [0.1, 0.15) is 5.82 Å². The molecule has 2 N–H and O–H groups in total. The second-order valence-corrected chi connectivity index (χ2v) is 7.72. The highest BCUT2D eigenvalue weighted by atomic mass is 19.1. The van der Waals surface area contributed by atoms with Crippen molar-refractivity contribution in [2.45, 2.75) is 31.7 Å². The van der Waals surface area contributed by atoms with Crippen LogP contribution < -0.4 is 10.6 Å². The van der Waals surface area contributed by atoms with Crippen molar-refractivity contribution in [2.75, 3.05) is 18.4 Å². The number of aromatic nitrogens is 1. The van der Waals surface area contributed by atoms with Crippen LogP contribution in [-0.4, -0.2) is 41.0 Å². The highest BCUT2D eigenvalue weighted by Crippen LogP contribution is 2.24. The van der Waals surface area contributed by atoms with E-state index in [9.17, 15) is 14.0 Å². The Labute approximate surface area is 185 Å². The maximum Gasteiger partial charge on any atom is 0.319 e. The molecule has 0 aliphatic carbocycles. The molecule has 166 valence electrons. The Kier molecular flexibility index (Phi) is 6.79. The van der Waals surface area contributed by atoms with Crippen molar-refractivity contribution in [1.82, 2.24) is 15.2 Å². The summed E-state index contributed by atoms with van der Waals surface area (Å²) in [6.45, 7) is 1.17. The number of rotatable bonds is 6. The molecule has 2 heterocycles. The van der Waals surface area contributed by atoms with Gasteiger partial charge in [-0.1, -0.05) is 30.3 Å². The Morgan fingerprint density at radius 3 is 2.53 bits per heavy atom. The third-order valence-corrected chi connectivity index (χ3v) is 5.46. The van der Waals surface area contributed by atoms with Crippen LogP contribution in [0.3, 0.4) is 0 Å². The number of carbonyl (C=O) groups is 2. The number of nitrogens with one attached hydrogen (secondary N) is 2. The lowest BCUT2D eigenvalue weighted by atomic mass is 10.0. The molecule has 0 spiro atoms. The molecule has 1 fully saturated rings. The van der Waals surface area contributed by atoms with Crippen LogP contribution in [0.15, 0.2) is 65.2 Å². The highest BCUT2D eigenvalue weighted by Gasteiger charge is 2.24. The number of para-hydroxylation sites is 1. The first-order chi connectivity index (χ1) is 15.6. The molecule has 0 atom stereocenters. The minimum atomic E-state index is -0.375. The molecular weight excluding hydrogens is 411 g/mol. The number of urea groups is 1. The molecule has 32 heavy (non-hydrogen) atoms. The molecule has 0 saturated carbocycles. The zero-order valence-electron chi connectivity index (χ0n) is 17.6. The standard InChI is InChI=1S/C24H25FN4O3/c25-20-9-5-4-8-19(20)21-16-26-22(32-21)10-11-23(30)29-14-12-18(13-15-29)28-24(31)27-17-6-2-1-3-7-17/h1-9,16,18H,10-15H2,(H2,27,28,31). The summed E-state index contributed by atoms with van der Waals surface area (Å²) < 4.78 is 19.5. The number of hydrogen-bond acceptors (Lipinski definition) is 4. The predicted molar refractivity (Wildman–Crippen MR) is 118 cm³/mol. The minimum absolute atomic E-state index is 0.0165. The van der Waals surface area contributed by atoms with Gasteiger partial charge in [-0.15, -0.1) is 0 Å². The van der Waals surface area contributed by atoms with Gasteiger partial charge in [0, 0.05) is 37.7 Å². The lowest BCUT2D eigenvalue weighted by molar-refractivity contribution is -0.132. The van der Waals surface area contributed by atoms with E-state index in [0.717, 1.165) is 5.69 Å². The number of amides is 3. The van der Waals surface area contributed by atoms with E-state index in [0.29, 0.717) is 49.6 Å². The Morgan fingerprint density at radius 1 is 1.06 bits per heavy atom. The first kappa shape index (κ1) is 21.5. The summed E-state index contributed by atoms with van der Waals surface area (Å²) in [4.78, 5) is 30.7. The van der Waals surface area contributed by atoms with Crippen LogP contribution in [0.1, 0.15) is 25.2 Å². The fourth-order valence-corrected chi connectivity index (χ4v) is 3.73. The molecule has 1 saturated heterocycles. The fraction of sp³-hybridized carbons (Fsp3) is 0.292. The van der Waals surface area contributed by atoms with Gasteiger partial charge in [0.25, 0.3) is 0 Å². The van der Waals surface area contributed by atoms with E-state index < -0.39 is 0 Å². The first-order valence-electron chi connectivity index (χ1n) is 10.7. The fourth-order valence-electron chi connectivity index (χ4n) is 3.73. The molecule has 3 aromatic rings. The zero-order valence-corrected chi connectivity index (χ0v) is 17.6. The van der Waals surface area contributed by atoms with Gasteiger partial charge < -0.3 is 20.0 Å². The highest BCUT2D eigenvalue weighted by molar-refractivity contribution is 5.89. The number of likely N-dealkylation sites (tertiary alicyclic amines) is 1. The summed E-state index contributed by atoms with van der Waals surface area (Å²) >= 11 is 0. The van der Waals surface area contributed by atoms with Crippen LogP contribution in [-0.2, 0) is 11.2 Å². The number of anilines is 1. The van der Waals surface area contributed by atoms with E-state index in [-0.39, 0.29) is 30.2 Å². The lowest BCUT2D eigenvalue weighted by Crippen LogP contribution is -2.47. The van der Waals surface area contributed by atoms with Crippen LogP contribution in [0.5, 0.6) is 0 Å². The van der Waals surface area contributed by atoms with E-state index >= 15 is 0 Å². The summed E-state index contributed by atoms with van der Waals surface area (Å²) in [6, 6.07) is 15.4. The number of halogens is 1. The topological polar surface area (TPSA) is 87.5 Å². The third-order valence-electron chi connectivity index (χ3n) is 5.46. The van der Waals surface area contributed by atoms with Gasteiger partial charge in [-0.25, -0.2) is 14.2 Å². The van der Waals surface area contributed by atoms with E-state index in [1.807, 2.05) is 30.3 Å². The largest absolute Gasteiger partial charge is 0.441 e. The van der Waals surface area contributed by atoms with Crippen molar-refractivity contribution in [1.29, 1.82) is 0 Å². The average molecular weight is 436 g/mol. The third kappa shape index (κ3) is 5.51. The van der Waals surface area contributed by atoms with Gasteiger partial charge in [0.05, 0.1) is 11.8 Å². The molecule has 0 unspecified atom stereocenters. The van der Waals surface area contributed by atoms with Crippen molar-refractivity contribution in [3.05, 3.63) is 72.5 Å². The number of piperidine rings is 1. The van der Waals surface area contributed by atoms with Crippen molar-refractivity contribution in [3.63, 3.8) is 0 Å². The summed E-state index contributed by atoms with van der Waals surface area (Å²) in [6.07, 6.45) is 3.50. The zero-order chi connectivity index (χ0) is 22.3. The van der Waals surface area contributed by atoms with Gasteiger partial charge in [-0.3, -0.25) is 4.79 Å². The number of carbonyl (C=O) groups excluding carboxylic acids is 2. The number of hydrogen-bond donors (Lipinski definition) is 2. The molecule has 4 rings (SSSR count). The number of aryl methyl sites for hydroxylation is 1. The molecule has 1 aliphatic heterocycles. The number of nitrogens with zero attached hydrogens (tertiary/aromatic N) is 2. The summed E-state index contributed by atoms with van der Waals surface area (Å²) in [5.41, 5.74) is 1.09. The van der Waals surface area contributed by atoms with E-state index in [1.54, 1.807) is 23.1 Å². The van der Waals surface area contributed by atoms with Gasteiger partial charge in [-0.05, 0) is 37.1 Å². The lowest BCUT2D eigenvalue weighted by Gasteiger charge is -2.32. The normalized spacial score (nSPS) is 14.2. The molecule has 1 aromatic heterocycles. The maximum atomic E-state index is 13.9. The van der Waals surface area contributed by atoms with E-state index in [1.165, 1.54) is 12.3 Å². The number of benzene rings is 2. The predicted octanol–water partition coefficient (Wildman–Crippen LogP) is 4.23. The maximum absolute atomic E-state index is 13.9. The second kappa shape index (κ2) is 10.1. The van der Waals surface area contributed by atoms with Crippen molar-refractivity contribution >= 4 is 17.6 Å². The Hall–Kier alpha value is -3.68. The molecule has 2 aromatic carbocycles. The quantitative estimate of drug-likeness (QED) is 0.606. The average Bonchev–Trinajstić information content (AvgIpc) is 3.28. The SMILES string of the molecule is O=C(Nc1ccccc1)NC1CCN(C(=O)CCc2ncc(-c3ccccc3F)o2)CC1. The monoisotopic (exact) mass is 436 g/mol. The van der Waals surface area contributed by atoms with Crippen molar-refractivity contribution < 1.29 is 18.4 Å². The van der Waals surface area contributed by atoms with Crippen LogP contribution in [0.25, 0.3) is 11.3 Å². The molecule has 7 nitrogen and oxygen atoms in total. The molecule has 0 bridgehead atoms. The molecule has 0 radical (unpaired) electrons. The smallest absolute Gasteiger partial charge is 0.319 e. The number of oxazole rings is 1. The Morgan fingerprint density at radius 2 is 1.78 bits per heavy atom. The van der Waals surface area contributed by atoms with E-state index in [4.69, 9.17) is 4.42 Å². The van der Waals surface area contributed by atoms with Crippen LogP contribution in [0.2, 0.25) is 0 Å². The molecule has 8 heteroatoms.